The lowest BCUT2D eigenvalue weighted by Crippen LogP contribution is -1.88. The largest absolute Gasteiger partial charge is 0.494 e. The fraction of sp³-hybridized carbons (Fsp3) is 0.182. The first-order chi connectivity index (χ1) is 7.17. The number of ether oxygens (including phenoxy) is 1. The van der Waals surface area contributed by atoms with Crippen molar-refractivity contribution in [1.29, 1.82) is 0 Å². The summed E-state index contributed by atoms with van der Waals surface area (Å²) in [7, 11) is 1.40. The third kappa shape index (κ3) is 1.38. The SMILES string of the molecule is COc1cc2[nH]c(C)c(C=O)c2cc1F. The van der Waals surface area contributed by atoms with Crippen molar-refractivity contribution in [2.75, 3.05) is 7.11 Å². The highest BCUT2D eigenvalue weighted by Gasteiger charge is 2.11. The van der Waals surface area contributed by atoms with E-state index in [1.807, 2.05) is 0 Å². The highest BCUT2D eigenvalue weighted by Crippen LogP contribution is 2.27. The minimum atomic E-state index is -0.466. The van der Waals surface area contributed by atoms with E-state index in [0.717, 1.165) is 12.0 Å². The number of aryl methyl sites for hydroxylation is 1. The van der Waals surface area contributed by atoms with Gasteiger partial charge in [-0.1, -0.05) is 0 Å². The normalized spacial score (nSPS) is 10.6. The molecule has 0 radical (unpaired) electrons. The number of aromatic amines is 1. The number of aldehydes is 1. The van der Waals surface area contributed by atoms with Crippen LogP contribution in [0.3, 0.4) is 0 Å². The molecule has 2 aromatic rings. The van der Waals surface area contributed by atoms with E-state index >= 15 is 0 Å². The van der Waals surface area contributed by atoms with Crippen molar-refractivity contribution in [3.63, 3.8) is 0 Å². The van der Waals surface area contributed by atoms with E-state index in [4.69, 9.17) is 4.74 Å². The number of fused-ring (bicyclic) bond motifs is 1. The summed E-state index contributed by atoms with van der Waals surface area (Å²) in [5.41, 5.74) is 1.92. The van der Waals surface area contributed by atoms with Gasteiger partial charge in [0, 0.05) is 22.7 Å². The standard InChI is InChI=1S/C11H10FNO2/c1-6-8(5-14)7-3-9(12)11(15-2)4-10(7)13-6/h3-5,13H,1-2H3. The van der Waals surface area contributed by atoms with Crippen molar-refractivity contribution >= 4 is 17.2 Å². The molecule has 1 N–H and O–H groups in total. The van der Waals surface area contributed by atoms with Crippen molar-refractivity contribution in [2.45, 2.75) is 6.92 Å². The summed E-state index contributed by atoms with van der Waals surface area (Å²) in [6.45, 7) is 1.77. The lowest BCUT2D eigenvalue weighted by Gasteiger charge is -2.01. The number of hydrogen-bond acceptors (Lipinski definition) is 2. The van der Waals surface area contributed by atoms with Gasteiger partial charge in [0.1, 0.15) is 0 Å². The molecule has 0 fully saturated rings. The van der Waals surface area contributed by atoms with Gasteiger partial charge in [-0.05, 0) is 13.0 Å². The molecule has 0 unspecified atom stereocenters. The van der Waals surface area contributed by atoms with E-state index in [1.54, 1.807) is 13.0 Å². The third-order valence-electron chi connectivity index (χ3n) is 2.43. The van der Waals surface area contributed by atoms with Gasteiger partial charge in [-0.25, -0.2) is 4.39 Å². The van der Waals surface area contributed by atoms with Crippen molar-refractivity contribution in [1.82, 2.24) is 4.98 Å². The van der Waals surface area contributed by atoms with Gasteiger partial charge in [-0.2, -0.15) is 0 Å². The number of methoxy groups -OCH3 is 1. The first kappa shape index (κ1) is 9.71. The van der Waals surface area contributed by atoms with Crippen molar-refractivity contribution < 1.29 is 13.9 Å². The summed E-state index contributed by atoms with van der Waals surface area (Å²) in [5.74, 6) is -0.298. The summed E-state index contributed by atoms with van der Waals surface area (Å²) in [5, 5.41) is 0.584. The van der Waals surface area contributed by atoms with Crippen LogP contribution < -0.4 is 4.74 Å². The minimum Gasteiger partial charge on any atom is -0.494 e. The molecular weight excluding hydrogens is 197 g/mol. The van der Waals surface area contributed by atoms with Gasteiger partial charge >= 0.3 is 0 Å². The van der Waals surface area contributed by atoms with Gasteiger partial charge < -0.3 is 9.72 Å². The Hall–Kier alpha value is -1.84. The highest BCUT2D eigenvalue weighted by molar-refractivity contribution is 5.99. The lowest BCUT2D eigenvalue weighted by atomic mass is 10.1. The smallest absolute Gasteiger partial charge is 0.165 e. The molecule has 15 heavy (non-hydrogen) atoms. The first-order valence-electron chi connectivity index (χ1n) is 4.48. The number of H-pyrrole nitrogens is 1. The molecule has 0 spiro atoms. The molecule has 0 amide bonds. The van der Waals surface area contributed by atoms with E-state index < -0.39 is 5.82 Å². The van der Waals surface area contributed by atoms with E-state index in [0.29, 0.717) is 16.5 Å². The number of halogens is 1. The van der Waals surface area contributed by atoms with Crippen LogP contribution in [0.2, 0.25) is 0 Å². The Morgan fingerprint density at radius 2 is 2.20 bits per heavy atom. The zero-order chi connectivity index (χ0) is 11.0. The summed E-state index contributed by atoms with van der Waals surface area (Å²) >= 11 is 0. The number of aromatic nitrogens is 1. The summed E-state index contributed by atoms with van der Waals surface area (Å²) < 4.78 is 18.2. The van der Waals surface area contributed by atoms with E-state index in [1.165, 1.54) is 13.2 Å². The number of rotatable bonds is 2. The Morgan fingerprint density at radius 3 is 2.80 bits per heavy atom. The van der Waals surface area contributed by atoms with Crippen molar-refractivity contribution in [3.8, 4) is 5.75 Å². The molecule has 1 aromatic carbocycles. The fourth-order valence-electron chi connectivity index (χ4n) is 1.66. The summed E-state index contributed by atoms with van der Waals surface area (Å²) in [6, 6.07) is 2.85. The van der Waals surface area contributed by atoms with Crippen LogP contribution in [-0.4, -0.2) is 18.4 Å². The fourth-order valence-corrected chi connectivity index (χ4v) is 1.66. The second-order valence-electron chi connectivity index (χ2n) is 3.31. The average molecular weight is 207 g/mol. The number of carbonyl (C=O) groups is 1. The molecule has 0 atom stereocenters. The molecule has 0 bridgehead atoms. The lowest BCUT2D eigenvalue weighted by molar-refractivity contribution is 0.112. The Kier molecular flexibility index (Phi) is 2.19. The monoisotopic (exact) mass is 207 g/mol. The molecule has 0 saturated carbocycles. The maximum Gasteiger partial charge on any atom is 0.165 e. The number of benzene rings is 1. The van der Waals surface area contributed by atoms with Crippen LogP contribution >= 0.6 is 0 Å². The molecular formula is C11H10FNO2. The van der Waals surface area contributed by atoms with Gasteiger partial charge in [-0.15, -0.1) is 0 Å². The second-order valence-corrected chi connectivity index (χ2v) is 3.31. The zero-order valence-electron chi connectivity index (χ0n) is 8.43. The molecule has 1 aromatic heterocycles. The Labute approximate surface area is 85.9 Å². The topological polar surface area (TPSA) is 42.1 Å². The van der Waals surface area contributed by atoms with Gasteiger partial charge in [0.05, 0.1) is 12.6 Å². The zero-order valence-corrected chi connectivity index (χ0v) is 8.43. The molecule has 78 valence electrons. The van der Waals surface area contributed by atoms with E-state index in [9.17, 15) is 9.18 Å². The van der Waals surface area contributed by atoms with Crippen molar-refractivity contribution in [3.05, 3.63) is 29.2 Å². The molecule has 0 aliphatic heterocycles. The molecule has 2 rings (SSSR count). The summed E-state index contributed by atoms with van der Waals surface area (Å²) in [4.78, 5) is 13.8. The van der Waals surface area contributed by atoms with Crippen LogP contribution in [0.15, 0.2) is 12.1 Å². The first-order valence-corrected chi connectivity index (χ1v) is 4.48. The maximum atomic E-state index is 13.4. The Morgan fingerprint density at radius 1 is 1.47 bits per heavy atom. The maximum absolute atomic E-state index is 13.4. The van der Waals surface area contributed by atoms with Gasteiger partial charge in [0.25, 0.3) is 0 Å². The Balaban J connectivity index is 2.81. The molecule has 0 saturated heterocycles. The minimum absolute atomic E-state index is 0.168. The van der Waals surface area contributed by atoms with Gasteiger partial charge in [0.2, 0.25) is 0 Å². The summed E-state index contributed by atoms with van der Waals surface area (Å²) in [6.07, 6.45) is 0.722. The predicted octanol–water partition coefficient (Wildman–Crippen LogP) is 2.44. The predicted molar refractivity (Wildman–Crippen MR) is 54.9 cm³/mol. The molecule has 4 heteroatoms. The number of nitrogens with one attached hydrogen (secondary N) is 1. The third-order valence-corrected chi connectivity index (χ3v) is 2.43. The van der Waals surface area contributed by atoms with Crippen LogP contribution in [0.25, 0.3) is 10.9 Å². The van der Waals surface area contributed by atoms with Gasteiger partial charge in [-0.3, -0.25) is 4.79 Å². The molecule has 1 heterocycles. The van der Waals surface area contributed by atoms with Gasteiger partial charge in [0.15, 0.2) is 17.9 Å². The van der Waals surface area contributed by atoms with Crippen LogP contribution in [-0.2, 0) is 0 Å². The quantitative estimate of drug-likeness (QED) is 0.768. The van der Waals surface area contributed by atoms with Crippen LogP contribution in [0.5, 0.6) is 5.75 Å². The second kappa shape index (κ2) is 3.38. The number of hydrogen-bond donors (Lipinski definition) is 1. The van der Waals surface area contributed by atoms with Crippen LogP contribution in [0.1, 0.15) is 16.1 Å². The van der Waals surface area contributed by atoms with E-state index in [-0.39, 0.29) is 5.75 Å². The average Bonchev–Trinajstić information content (AvgIpc) is 2.51. The van der Waals surface area contributed by atoms with Crippen LogP contribution in [0.4, 0.5) is 4.39 Å². The van der Waals surface area contributed by atoms with Crippen LogP contribution in [0, 0.1) is 12.7 Å². The molecule has 0 aliphatic carbocycles. The van der Waals surface area contributed by atoms with E-state index in [2.05, 4.69) is 4.98 Å². The van der Waals surface area contributed by atoms with Crippen molar-refractivity contribution in [2.24, 2.45) is 0 Å². The molecule has 3 nitrogen and oxygen atoms in total. The molecule has 0 aliphatic rings. The number of carbonyl (C=O) groups excluding carboxylic acids is 1. The Bertz CT molecular complexity index is 531. The highest BCUT2D eigenvalue weighted by atomic mass is 19.1.